The smallest absolute Gasteiger partial charge is 0.375 e. The second-order valence-electron chi connectivity index (χ2n) is 2.77. The van der Waals surface area contributed by atoms with Crippen molar-refractivity contribution in [2.45, 2.75) is 4.83 Å². The Hall–Kier alpha value is -1.23. The van der Waals surface area contributed by atoms with Crippen LogP contribution in [0.5, 0.6) is 0 Å². The minimum Gasteiger partial charge on any atom is -0.463 e. The lowest BCUT2D eigenvalue weighted by atomic mass is 10.1. The molecule has 1 aromatic rings. The Morgan fingerprint density at radius 2 is 1.87 bits per heavy atom. The molecule has 0 fully saturated rings. The zero-order valence-corrected chi connectivity index (χ0v) is 9.45. The lowest BCUT2D eigenvalue weighted by molar-refractivity contribution is -0.151. The quantitative estimate of drug-likeness (QED) is 0.481. The summed E-state index contributed by atoms with van der Waals surface area (Å²) in [6, 6.07) is 5.29. The summed E-state index contributed by atoms with van der Waals surface area (Å²) < 4.78 is 16.9. The SMILES string of the molecule is COC(=O)C(=O)C(Br)c1ccc(F)cc1. The van der Waals surface area contributed by atoms with Gasteiger partial charge in [-0.25, -0.2) is 9.18 Å². The third kappa shape index (κ3) is 2.86. The van der Waals surface area contributed by atoms with E-state index in [0.717, 1.165) is 7.11 Å². The standard InChI is InChI=1S/C10H8BrFO3/c1-15-10(14)9(13)8(11)6-2-4-7(12)5-3-6/h2-5,8H,1H3. The van der Waals surface area contributed by atoms with Crippen molar-refractivity contribution >= 4 is 27.7 Å². The maximum atomic E-state index is 12.6. The minimum atomic E-state index is -0.929. The lowest BCUT2D eigenvalue weighted by Gasteiger charge is -2.06. The maximum absolute atomic E-state index is 12.6. The van der Waals surface area contributed by atoms with Crippen molar-refractivity contribution in [2.24, 2.45) is 0 Å². The highest BCUT2D eigenvalue weighted by atomic mass is 79.9. The summed E-state index contributed by atoms with van der Waals surface area (Å²) in [6.07, 6.45) is 0. The van der Waals surface area contributed by atoms with Gasteiger partial charge in [0, 0.05) is 0 Å². The zero-order valence-electron chi connectivity index (χ0n) is 7.87. The van der Waals surface area contributed by atoms with Gasteiger partial charge in [0.25, 0.3) is 5.78 Å². The molecule has 0 aliphatic rings. The fraction of sp³-hybridized carbons (Fsp3) is 0.200. The van der Waals surface area contributed by atoms with Gasteiger partial charge in [-0.1, -0.05) is 28.1 Å². The number of ketones is 1. The van der Waals surface area contributed by atoms with Crippen molar-refractivity contribution in [3.8, 4) is 0 Å². The van der Waals surface area contributed by atoms with Crippen LogP contribution in [-0.4, -0.2) is 18.9 Å². The number of ether oxygens (including phenoxy) is 1. The molecule has 1 rings (SSSR count). The van der Waals surface area contributed by atoms with E-state index in [1.54, 1.807) is 0 Å². The van der Waals surface area contributed by atoms with Gasteiger partial charge in [-0.05, 0) is 17.7 Å². The number of hydrogen-bond acceptors (Lipinski definition) is 3. The van der Waals surface area contributed by atoms with Gasteiger partial charge in [0.05, 0.1) is 7.11 Å². The molecule has 1 aromatic carbocycles. The Labute approximate surface area is 94.4 Å². The van der Waals surface area contributed by atoms with Crippen LogP contribution in [0.2, 0.25) is 0 Å². The van der Waals surface area contributed by atoms with Crippen molar-refractivity contribution in [1.82, 2.24) is 0 Å². The zero-order chi connectivity index (χ0) is 11.4. The van der Waals surface area contributed by atoms with E-state index in [-0.39, 0.29) is 0 Å². The van der Waals surface area contributed by atoms with Gasteiger partial charge in [0.2, 0.25) is 0 Å². The number of benzene rings is 1. The summed E-state index contributed by atoms with van der Waals surface area (Å²) in [5.41, 5.74) is 0.506. The molecule has 0 bridgehead atoms. The number of carbonyl (C=O) groups excluding carboxylic acids is 2. The van der Waals surface area contributed by atoms with Crippen LogP contribution in [0.15, 0.2) is 24.3 Å². The molecule has 0 saturated carbocycles. The number of Topliss-reactive ketones (excluding diaryl/α,β-unsaturated/α-hetero) is 1. The molecule has 0 N–H and O–H groups in total. The molecule has 0 heterocycles. The Morgan fingerprint density at radius 3 is 2.33 bits per heavy atom. The molecular formula is C10H8BrFO3. The van der Waals surface area contributed by atoms with E-state index in [4.69, 9.17) is 0 Å². The van der Waals surface area contributed by atoms with Crippen LogP contribution < -0.4 is 0 Å². The van der Waals surface area contributed by atoms with Crippen LogP contribution in [0.3, 0.4) is 0 Å². The largest absolute Gasteiger partial charge is 0.463 e. The van der Waals surface area contributed by atoms with Crippen LogP contribution in [0.1, 0.15) is 10.4 Å². The van der Waals surface area contributed by atoms with Crippen LogP contribution in [-0.2, 0) is 14.3 Å². The minimum absolute atomic E-state index is 0.399. The molecule has 1 unspecified atom stereocenters. The number of esters is 1. The van der Waals surface area contributed by atoms with E-state index in [2.05, 4.69) is 20.7 Å². The molecule has 5 heteroatoms. The summed E-state index contributed by atoms with van der Waals surface area (Å²) in [5.74, 6) is -2.05. The third-order valence-electron chi connectivity index (χ3n) is 1.78. The van der Waals surface area contributed by atoms with Crippen LogP contribution in [0, 0.1) is 5.82 Å². The van der Waals surface area contributed by atoms with E-state index >= 15 is 0 Å². The Kier molecular flexibility index (Phi) is 3.96. The summed E-state index contributed by atoms with van der Waals surface area (Å²) in [6.45, 7) is 0. The van der Waals surface area contributed by atoms with Crippen molar-refractivity contribution in [3.63, 3.8) is 0 Å². The summed E-state index contributed by atoms with van der Waals surface area (Å²) in [4.78, 5) is 21.5. The highest BCUT2D eigenvalue weighted by molar-refractivity contribution is 9.09. The first-order chi connectivity index (χ1) is 7.06. The van der Waals surface area contributed by atoms with E-state index in [9.17, 15) is 14.0 Å². The molecule has 1 atom stereocenters. The van der Waals surface area contributed by atoms with Gasteiger partial charge < -0.3 is 4.74 Å². The second-order valence-corrected chi connectivity index (χ2v) is 3.69. The van der Waals surface area contributed by atoms with Gasteiger partial charge in [0.15, 0.2) is 0 Å². The van der Waals surface area contributed by atoms with Crippen molar-refractivity contribution < 1.29 is 18.7 Å². The maximum Gasteiger partial charge on any atom is 0.375 e. The first kappa shape index (κ1) is 11.8. The average molecular weight is 275 g/mol. The van der Waals surface area contributed by atoms with E-state index < -0.39 is 22.4 Å². The first-order valence-electron chi connectivity index (χ1n) is 4.08. The number of rotatable bonds is 3. The van der Waals surface area contributed by atoms with E-state index in [1.807, 2.05) is 0 Å². The number of carbonyl (C=O) groups is 2. The average Bonchev–Trinajstić information content (AvgIpc) is 2.27. The summed E-state index contributed by atoms with van der Waals surface area (Å²) >= 11 is 3.04. The lowest BCUT2D eigenvalue weighted by Crippen LogP contribution is -2.19. The van der Waals surface area contributed by atoms with Gasteiger partial charge in [-0.3, -0.25) is 4.79 Å². The van der Waals surface area contributed by atoms with Gasteiger partial charge in [0.1, 0.15) is 10.6 Å². The molecular weight excluding hydrogens is 267 g/mol. The highest BCUT2D eigenvalue weighted by Gasteiger charge is 2.24. The Balaban J connectivity index is 2.85. The normalized spacial score (nSPS) is 11.9. The predicted octanol–water partition coefficient (Wildman–Crippen LogP) is 2.00. The number of halogens is 2. The number of hydrogen-bond donors (Lipinski definition) is 0. The molecule has 0 saturated heterocycles. The molecule has 3 nitrogen and oxygen atoms in total. The molecule has 0 aliphatic heterocycles. The van der Waals surface area contributed by atoms with Crippen LogP contribution in [0.4, 0.5) is 4.39 Å². The second kappa shape index (κ2) is 5.02. The molecule has 0 aliphatic carbocycles. The van der Waals surface area contributed by atoms with Gasteiger partial charge >= 0.3 is 5.97 Å². The fourth-order valence-corrected chi connectivity index (χ4v) is 1.48. The van der Waals surface area contributed by atoms with E-state index in [0.29, 0.717) is 5.56 Å². The topological polar surface area (TPSA) is 43.4 Å². The van der Waals surface area contributed by atoms with E-state index in [1.165, 1.54) is 24.3 Å². The molecule has 80 valence electrons. The van der Waals surface area contributed by atoms with Crippen molar-refractivity contribution in [2.75, 3.05) is 7.11 Å². The molecule has 0 radical (unpaired) electrons. The fourth-order valence-electron chi connectivity index (χ4n) is 0.987. The molecule has 15 heavy (non-hydrogen) atoms. The highest BCUT2D eigenvalue weighted by Crippen LogP contribution is 2.24. The molecule has 0 aromatic heterocycles. The number of alkyl halides is 1. The Bertz CT molecular complexity index is 375. The van der Waals surface area contributed by atoms with Gasteiger partial charge in [-0.2, -0.15) is 0 Å². The molecule has 0 amide bonds. The number of methoxy groups -OCH3 is 1. The first-order valence-corrected chi connectivity index (χ1v) is 4.99. The van der Waals surface area contributed by atoms with Crippen molar-refractivity contribution in [3.05, 3.63) is 35.6 Å². The summed E-state index contributed by atoms with van der Waals surface area (Å²) in [5, 5.41) is 0. The Morgan fingerprint density at radius 1 is 1.33 bits per heavy atom. The summed E-state index contributed by atoms with van der Waals surface area (Å²) in [7, 11) is 1.13. The van der Waals surface area contributed by atoms with Gasteiger partial charge in [-0.15, -0.1) is 0 Å². The van der Waals surface area contributed by atoms with Crippen LogP contribution >= 0.6 is 15.9 Å². The predicted molar refractivity (Wildman–Crippen MR) is 55.1 cm³/mol. The molecule has 0 spiro atoms. The third-order valence-corrected chi connectivity index (χ3v) is 2.72. The monoisotopic (exact) mass is 274 g/mol. The van der Waals surface area contributed by atoms with Crippen LogP contribution in [0.25, 0.3) is 0 Å². The van der Waals surface area contributed by atoms with Crippen molar-refractivity contribution in [1.29, 1.82) is 0 Å².